The maximum absolute atomic E-state index is 11.5. The molecule has 0 radical (unpaired) electrons. The molecule has 4 N–H and O–H groups in total. The van der Waals surface area contributed by atoms with Crippen LogP contribution in [0.3, 0.4) is 0 Å². The number of ether oxygens (including phenoxy) is 1. The number of carbonyl (C=O) groups is 2. The van der Waals surface area contributed by atoms with Crippen LogP contribution in [0.4, 0.5) is 0 Å². The van der Waals surface area contributed by atoms with Crippen LogP contribution in [-0.2, 0) is 14.3 Å². The summed E-state index contributed by atoms with van der Waals surface area (Å²) in [6, 6.07) is -1.12. The summed E-state index contributed by atoms with van der Waals surface area (Å²) in [7, 11) is 2.86. The van der Waals surface area contributed by atoms with Gasteiger partial charge in [-0.3, -0.25) is 9.59 Å². The molecule has 0 aliphatic rings. The van der Waals surface area contributed by atoms with E-state index in [9.17, 15) is 9.59 Å². The first-order valence-corrected chi connectivity index (χ1v) is 8.11. The number of ketones is 1. The lowest BCUT2D eigenvalue weighted by molar-refractivity contribution is -0.155. The number of nitrogens with two attached hydrogens (primary N) is 2. The number of esters is 1. The highest BCUT2D eigenvalue weighted by Crippen LogP contribution is 2.23. The Kier molecular flexibility index (Phi) is 7.93. The maximum atomic E-state index is 11.5. The van der Waals surface area contributed by atoms with Gasteiger partial charge in [0.1, 0.15) is 17.4 Å². The third kappa shape index (κ3) is 8.79. The highest BCUT2D eigenvalue weighted by molar-refractivity contribution is 8.76. The minimum absolute atomic E-state index is 0.0421. The van der Waals surface area contributed by atoms with E-state index in [1.54, 1.807) is 20.8 Å². The smallest absolute Gasteiger partial charge is 0.324 e. The summed E-state index contributed by atoms with van der Waals surface area (Å²) in [6.45, 7) is 6.85. The van der Waals surface area contributed by atoms with Crippen LogP contribution in [0, 0.1) is 0 Å². The van der Waals surface area contributed by atoms with Crippen LogP contribution in [0.1, 0.15) is 27.7 Å². The molecule has 0 aromatic heterocycles. The van der Waals surface area contributed by atoms with Crippen molar-refractivity contribution >= 4 is 33.3 Å². The SMILES string of the molecule is CC(=O)[C@@H](N)CSSC[C@H](N)C(=O)OC(C)(C)C. The summed E-state index contributed by atoms with van der Waals surface area (Å²) in [6.07, 6.45) is 0. The Morgan fingerprint density at radius 1 is 1.11 bits per heavy atom. The number of rotatable bonds is 7. The second-order valence-corrected chi connectivity index (χ2v) is 7.48. The van der Waals surface area contributed by atoms with Crippen LogP contribution >= 0.6 is 21.6 Å². The van der Waals surface area contributed by atoms with E-state index in [4.69, 9.17) is 16.2 Å². The molecule has 106 valence electrons. The Labute approximate surface area is 116 Å². The zero-order valence-electron chi connectivity index (χ0n) is 11.3. The van der Waals surface area contributed by atoms with Crippen molar-refractivity contribution in [1.29, 1.82) is 0 Å². The van der Waals surface area contributed by atoms with Gasteiger partial charge in [0, 0.05) is 11.5 Å². The molecule has 0 saturated carbocycles. The topological polar surface area (TPSA) is 95.4 Å². The summed E-state index contributed by atoms with van der Waals surface area (Å²) in [5, 5.41) is 0. The fourth-order valence-corrected chi connectivity index (χ4v) is 3.12. The molecule has 0 aromatic carbocycles. The zero-order valence-corrected chi connectivity index (χ0v) is 12.9. The molecule has 0 unspecified atom stereocenters. The van der Waals surface area contributed by atoms with Gasteiger partial charge in [0.15, 0.2) is 0 Å². The fourth-order valence-electron chi connectivity index (χ4n) is 0.806. The molecule has 0 rings (SSSR count). The summed E-state index contributed by atoms with van der Waals surface area (Å²) < 4.78 is 5.15. The van der Waals surface area contributed by atoms with Crippen molar-refractivity contribution in [3.8, 4) is 0 Å². The summed E-state index contributed by atoms with van der Waals surface area (Å²) in [5.41, 5.74) is 10.7. The first-order valence-electron chi connectivity index (χ1n) is 5.62. The van der Waals surface area contributed by atoms with Gasteiger partial charge < -0.3 is 16.2 Å². The van der Waals surface area contributed by atoms with Crippen molar-refractivity contribution in [3.63, 3.8) is 0 Å². The molecule has 0 bridgehead atoms. The molecule has 5 nitrogen and oxygen atoms in total. The highest BCUT2D eigenvalue weighted by atomic mass is 33.1. The molecular weight excluding hydrogens is 272 g/mol. The highest BCUT2D eigenvalue weighted by Gasteiger charge is 2.22. The van der Waals surface area contributed by atoms with Crippen molar-refractivity contribution in [1.82, 2.24) is 0 Å². The van der Waals surface area contributed by atoms with E-state index in [0.717, 1.165) is 0 Å². The number of hydrogen-bond acceptors (Lipinski definition) is 7. The molecule has 0 fully saturated rings. The van der Waals surface area contributed by atoms with E-state index in [-0.39, 0.29) is 5.78 Å². The minimum Gasteiger partial charge on any atom is -0.459 e. The monoisotopic (exact) mass is 294 g/mol. The molecule has 18 heavy (non-hydrogen) atoms. The Morgan fingerprint density at radius 3 is 1.94 bits per heavy atom. The van der Waals surface area contributed by atoms with E-state index in [0.29, 0.717) is 11.5 Å². The van der Waals surface area contributed by atoms with E-state index >= 15 is 0 Å². The molecular formula is C11H22N2O3S2. The Morgan fingerprint density at radius 2 is 1.56 bits per heavy atom. The zero-order chi connectivity index (χ0) is 14.3. The maximum Gasteiger partial charge on any atom is 0.324 e. The third-order valence-electron chi connectivity index (χ3n) is 1.81. The van der Waals surface area contributed by atoms with Crippen LogP contribution < -0.4 is 11.5 Å². The lowest BCUT2D eigenvalue weighted by Crippen LogP contribution is -2.39. The molecule has 0 aliphatic carbocycles. The van der Waals surface area contributed by atoms with Gasteiger partial charge in [-0.25, -0.2) is 0 Å². The number of carbonyl (C=O) groups excluding carboxylic acids is 2. The van der Waals surface area contributed by atoms with Crippen molar-refractivity contribution < 1.29 is 14.3 Å². The van der Waals surface area contributed by atoms with Crippen LogP contribution in [-0.4, -0.2) is 40.9 Å². The second-order valence-electron chi connectivity index (χ2n) is 4.93. The molecule has 0 spiro atoms. The Hall–Kier alpha value is -0.240. The normalized spacial score (nSPS) is 15.0. The fraction of sp³-hybridized carbons (Fsp3) is 0.818. The van der Waals surface area contributed by atoms with Gasteiger partial charge in [-0.05, 0) is 27.7 Å². The summed E-state index contributed by atoms with van der Waals surface area (Å²) in [5.74, 6) is 0.497. The predicted octanol–water partition coefficient (Wildman–Crippen LogP) is 0.953. The lowest BCUT2D eigenvalue weighted by atomic mass is 10.2. The van der Waals surface area contributed by atoms with Crippen molar-refractivity contribution in [3.05, 3.63) is 0 Å². The third-order valence-corrected chi connectivity index (χ3v) is 4.28. The standard InChI is InChI=1S/C11H22N2O3S2/c1-7(14)8(12)5-17-18-6-9(13)10(15)16-11(2,3)4/h8-9H,5-6,12-13H2,1-4H3/t8-,9-/m0/s1. The first-order chi connectivity index (χ1) is 8.13. The molecule has 0 aromatic rings. The van der Waals surface area contributed by atoms with Crippen LogP contribution in [0.5, 0.6) is 0 Å². The molecule has 0 aliphatic heterocycles. The van der Waals surface area contributed by atoms with E-state index in [2.05, 4.69) is 0 Å². The van der Waals surface area contributed by atoms with Crippen LogP contribution in [0.25, 0.3) is 0 Å². The number of hydrogen-bond donors (Lipinski definition) is 2. The number of Topliss-reactive ketones (excluding diaryl/α,β-unsaturated/α-hetero) is 1. The van der Waals surface area contributed by atoms with Gasteiger partial charge in [-0.2, -0.15) is 0 Å². The van der Waals surface area contributed by atoms with Gasteiger partial charge in [-0.15, -0.1) is 0 Å². The molecule has 0 saturated heterocycles. The van der Waals surface area contributed by atoms with Crippen molar-refractivity contribution in [2.24, 2.45) is 11.5 Å². The van der Waals surface area contributed by atoms with Crippen molar-refractivity contribution in [2.45, 2.75) is 45.4 Å². The lowest BCUT2D eigenvalue weighted by Gasteiger charge is -2.21. The molecule has 0 amide bonds. The van der Waals surface area contributed by atoms with Gasteiger partial charge in [-0.1, -0.05) is 21.6 Å². The van der Waals surface area contributed by atoms with E-state index < -0.39 is 23.7 Å². The summed E-state index contributed by atoms with van der Waals surface area (Å²) >= 11 is 0. The van der Waals surface area contributed by atoms with E-state index in [1.807, 2.05) is 0 Å². The van der Waals surface area contributed by atoms with E-state index in [1.165, 1.54) is 28.5 Å². The van der Waals surface area contributed by atoms with Gasteiger partial charge in [0.25, 0.3) is 0 Å². The van der Waals surface area contributed by atoms with Crippen LogP contribution in [0.2, 0.25) is 0 Å². The first kappa shape index (κ1) is 17.8. The Balaban J connectivity index is 3.80. The quantitative estimate of drug-likeness (QED) is 0.410. The second kappa shape index (κ2) is 8.04. The van der Waals surface area contributed by atoms with Crippen molar-refractivity contribution in [2.75, 3.05) is 11.5 Å². The predicted molar refractivity (Wildman–Crippen MR) is 77.4 cm³/mol. The summed E-state index contributed by atoms with van der Waals surface area (Å²) in [4.78, 5) is 22.4. The van der Waals surface area contributed by atoms with Gasteiger partial charge >= 0.3 is 5.97 Å². The van der Waals surface area contributed by atoms with Gasteiger partial charge in [0.2, 0.25) is 0 Å². The molecule has 0 heterocycles. The minimum atomic E-state index is -0.657. The average molecular weight is 294 g/mol. The largest absolute Gasteiger partial charge is 0.459 e. The van der Waals surface area contributed by atoms with Crippen LogP contribution in [0.15, 0.2) is 0 Å². The molecule has 7 heteroatoms. The average Bonchev–Trinajstić information content (AvgIpc) is 2.20. The van der Waals surface area contributed by atoms with Gasteiger partial charge in [0.05, 0.1) is 6.04 Å². The molecule has 2 atom stereocenters. The Bertz CT molecular complexity index is 293.